The molecule has 0 fully saturated rings. The molecule has 7 nitrogen and oxygen atoms in total. The van der Waals surface area contributed by atoms with Crippen LogP contribution in [0.25, 0.3) is 0 Å². The lowest BCUT2D eigenvalue weighted by Crippen LogP contribution is -2.16. The molecule has 2 aromatic rings. The van der Waals surface area contributed by atoms with Gasteiger partial charge in [0, 0.05) is 0 Å². The number of thiocarbonyl (C=S) groups is 1. The highest BCUT2D eigenvalue weighted by Crippen LogP contribution is 2.21. The highest BCUT2D eigenvalue weighted by Gasteiger charge is 2.20. The maximum absolute atomic E-state index is 12.0. The summed E-state index contributed by atoms with van der Waals surface area (Å²) in [7, 11) is -3.70. The summed E-state index contributed by atoms with van der Waals surface area (Å²) in [4.78, 5) is 3.95. The van der Waals surface area contributed by atoms with E-state index >= 15 is 0 Å². The van der Waals surface area contributed by atoms with Gasteiger partial charge in [-0.3, -0.25) is 9.82 Å². The van der Waals surface area contributed by atoms with E-state index in [1.54, 1.807) is 6.92 Å². The smallest absolute Gasteiger partial charge is 0.274 e. The number of H-pyrrole nitrogens is 1. The fourth-order valence-electron chi connectivity index (χ4n) is 1.20. The fraction of sp³-hybridized carbons (Fsp3) is 0.125. The van der Waals surface area contributed by atoms with Gasteiger partial charge in [-0.2, -0.15) is 5.10 Å². The van der Waals surface area contributed by atoms with E-state index in [-0.39, 0.29) is 15.0 Å². The molecule has 0 aromatic carbocycles. The third kappa shape index (κ3) is 2.49. The summed E-state index contributed by atoms with van der Waals surface area (Å²) in [6.45, 7) is 1.72. The summed E-state index contributed by atoms with van der Waals surface area (Å²) in [5, 5.41) is 6.85. The monoisotopic (exact) mass is 303 g/mol. The molecule has 0 aliphatic heterocycles. The quantitative estimate of drug-likeness (QED) is 0.713. The van der Waals surface area contributed by atoms with Crippen LogP contribution in [0.4, 0.5) is 5.82 Å². The lowest BCUT2D eigenvalue weighted by molar-refractivity contribution is 0.602. The van der Waals surface area contributed by atoms with Crippen molar-refractivity contribution in [3.8, 4) is 0 Å². The van der Waals surface area contributed by atoms with Crippen molar-refractivity contribution in [1.82, 2.24) is 15.2 Å². The van der Waals surface area contributed by atoms with E-state index in [4.69, 9.17) is 18.0 Å². The predicted octanol–water partition coefficient (Wildman–Crippen LogP) is 0.610. The molecule has 2 rings (SSSR count). The first-order valence-corrected chi connectivity index (χ1v) is 7.39. The Balaban J connectivity index is 2.34. The van der Waals surface area contributed by atoms with Crippen LogP contribution in [0, 0.1) is 6.92 Å². The van der Waals surface area contributed by atoms with Crippen molar-refractivity contribution in [3.63, 3.8) is 0 Å². The summed E-state index contributed by atoms with van der Waals surface area (Å²) in [6, 6.07) is 0. The number of hydrogen-bond donors (Lipinski definition) is 3. The summed E-state index contributed by atoms with van der Waals surface area (Å²) in [5.41, 5.74) is 5.79. The Morgan fingerprint density at radius 3 is 2.83 bits per heavy atom. The van der Waals surface area contributed by atoms with Gasteiger partial charge in [0.2, 0.25) is 0 Å². The number of sulfonamides is 1. The second-order valence-corrected chi connectivity index (χ2v) is 6.91. The number of hydrogen-bond acceptors (Lipinski definition) is 6. The van der Waals surface area contributed by atoms with Gasteiger partial charge in [-0.05, 0) is 6.92 Å². The number of anilines is 1. The molecule has 2 aromatic heterocycles. The van der Waals surface area contributed by atoms with Crippen molar-refractivity contribution in [2.45, 2.75) is 11.1 Å². The summed E-state index contributed by atoms with van der Waals surface area (Å²) in [6.07, 6.45) is 2.65. The predicted molar refractivity (Wildman–Crippen MR) is 72.1 cm³/mol. The SMILES string of the molecule is Cc1ncc(S(=O)(=O)Nc2[nH]ncc2C(N)=S)s1. The van der Waals surface area contributed by atoms with Gasteiger partial charge in [0.05, 0.1) is 23.0 Å². The van der Waals surface area contributed by atoms with E-state index in [0.717, 1.165) is 11.3 Å². The van der Waals surface area contributed by atoms with E-state index in [2.05, 4.69) is 19.9 Å². The Morgan fingerprint density at radius 2 is 2.28 bits per heavy atom. The molecule has 0 aliphatic carbocycles. The number of nitrogens with one attached hydrogen (secondary N) is 2. The van der Waals surface area contributed by atoms with Crippen molar-refractivity contribution in [2.24, 2.45) is 5.73 Å². The number of rotatable bonds is 4. The number of nitrogens with two attached hydrogens (primary N) is 1. The normalized spacial score (nSPS) is 11.4. The zero-order valence-electron chi connectivity index (χ0n) is 9.17. The van der Waals surface area contributed by atoms with Crippen LogP contribution in [0.5, 0.6) is 0 Å². The largest absolute Gasteiger partial charge is 0.389 e. The Kier molecular flexibility index (Phi) is 3.32. The number of thiazole rings is 1. The number of aryl methyl sites for hydroxylation is 1. The van der Waals surface area contributed by atoms with Gasteiger partial charge < -0.3 is 5.73 Å². The lowest BCUT2D eigenvalue weighted by Gasteiger charge is -2.04. The third-order valence-corrected chi connectivity index (χ3v) is 4.95. The molecule has 0 amide bonds. The summed E-state index contributed by atoms with van der Waals surface area (Å²) >= 11 is 5.86. The molecule has 0 radical (unpaired) electrons. The summed E-state index contributed by atoms with van der Waals surface area (Å²) < 4.78 is 26.5. The average molecular weight is 303 g/mol. The first-order valence-electron chi connectivity index (χ1n) is 4.68. The number of aromatic amines is 1. The molecule has 4 N–H and O–H groups in total. The molecule has 18 heavy (non-hydrogen) atoms. The van der Waals surface area contributed by atoms with Crippen LogP contribution >= 0.6 is 23.6 Å². The van der Waals surface area contributed by atoms with Gasteiger partial charge in [0.1, 0.15) is 10.8 Å². The third-order valence-electron chi connectivity index (χ3n) is 2.01. The molecule has 0 saturated heterocycles. The van der Waals surface area contributed by atoms with Crippen molar-refractivity contribution < 1.29 is 8.42 Å². The van der Waals surface area contributed by atoms with Crippen LogP contribution in [0.15, 0.2) is 16.6 Å². The Hall–Kier alpha value is -1.52. The second-order valence-electron chi connectivity index (χ2n) is 3.33. The summed E-state index contributed by atoms with van der Waals surface area (Å²) in [5.74, 6) is 0.147. The highest BCUT2D eigenvalue weighted by atomic mass is 32.2. The van der Waals surface area contributed by atoms with E-state index in [1.165, 1.54) is 12.4 Å². The second kappa shape index (κ2) is 4.63. The Morgan fingerprint density at radius 1 is 1.56 bits per heavy atom. The molecule has 0 spiro atoms. The Bertz CT molecular complexity index is 687. The lowest BCUT2D eigenvalue weighted by atomic mass is 10.3. The maximum atomic E-state index is 12.0. The van der Waals surface area contributed by atoms with Crippen molar-refractivity contribution in [2.75, 3.05) is 4.72 Å². The molecule has 10 heteroatoms. The zero-order valence-corrected chi connectivity index (χ0v) is 11.6. The number of aromatic nitrogens is 3. The average Bonchev–Trinajstić information content (AvgIpc) is 2.86. The van der Waals surface area contributed by atoms with Gasteiger partial charge in [-0.25, -0.2) is 13.4 Å². The molecule has 96 valence electrons. The van der Waals surface area contributed by atoms with Crippen LogP contribution in [0.2, 0.25) is 0 Å². The number of nitrogens with zero attached hydrogens (tertiary/aromatic N) is 2. The van der Waals surface area contributed by atoms with Crippen molar-refractivity contribution >= 4 is 44.4 Å². The topological polar surface area (TPSA) is 114 Å². The fourth-order valence-corrected chi connectivity index (χ4v) is 3.50. The van der Waals surface area contributed by atoms with E-state index in [1.807, 2.05) is 0 Å². The van der Waals surface area contributed by atoms with Gasteiger partial charge in [0.25, 0.3) is 10.0 Å². The van der Waals surface area contributed by atoms with E-state index in [0.29, 0.717) is 10.6 Å². The molecule has 0 saturated carbocycles. The van der Waals surface area contributed by atoms with Crippen LogP contribution in [-0.2, 0) is 10.0 Å². The molecule has 0 atom stereocenters. The van der Waals surface area contributed by atoms with Crippen LogP contribution in [0.3, 0.4) is 0 Å². The van der Waals surface area contributed by atoms with Crippen LogP contribution in [-0.4, -0.2) is 28.6 Å². The standard InChI is InChI=1S/C8H9N5O2S3/c1-4-10-3-6(17-4)18(14,15)13-8-5(7(9)16)2-11-12-8/h2-3H,1H3,(H2,9,16)(H2,11,12,13). The van der Waals surface area contributed by atoms with E-state index in [9.17, 15) is 8.42 Å². The molecular formula is C8H9N5O2S3. The first kappa shape index (κ1) is 12.9. The molecule has 0 aliphatic rings. The van der Waals surface area contributed by atoms with Crippen LogP contribution in [0.1, 0.15) is 10.6 Å². The van der Waals surface area contributed by atoms with Gasteiger partial charge in [-0.15, -0.1) is 11.3 Å². The minimum absolute atomic E-state index is 0.0573. The van der Waals surface area contributed by atoms with Gasteiger partial charge in [-0.1, -0.05) is 12.2 Å². The van der Waals surface area contributed by atoms with E-state index < -0.39 is 10.0 Å². The molecule has 0 unspecified atom stereocenters. The molecule has 0 bridgehead atoms. The maximum Gasteiger partial charge on any atom is 0.274 e. The minimum atomic E-state index is -3.70. The van der Waals surface area contributed by atoms with Crippen LogP contribution < -0.4 is 10.5 Å². The first-order chi connectivity index (χ1) is 8.40. The minimum Gasteiger partial charge on any atom is -0.389 e. The molecular weight excluding hydrogens is 294 g/mol. The van der Waals surface area contributed by atoms with Gasteiger partial charge >= 0.3 is 0 Å². The molecule has 2 heterocycles. The van der Waals surface area contributed by atoms with Gasteiger partial charge in [0.15, 0.2) is 4.21 Å². The zero-order chi connectivity index (χ0) is 13.3. The highest BCUT2D eigenvalue weighted by molar-refractivity contribution is 7.94. The van der Waals surface area contributed by atoms with Crippen molar-refractivity contribution in [3.05, 3.63) is 23.0 Å². The van der Waals surface area contributed by atoms with Crippen molar-refractivity contribution in [1.29, 1.82) is 0 Å². The Labute approximate surface area is 112 Å².